The third-order valence-electron chi connectivity index (χ3n) is 1.68. The summed E-state index contributed by atoms with van der Waals surface area (Å²) in [5, 5.41) is 8.77. The van der Waals surface area contributed by atoms with Gasteiger partial charge < -0.3 is 17.2 Å². The minimum atomic E-state index is -0.158. The van der Waals surface area contributed by atoms with Crippen LogP contribution in [0.5, 0.6) is 0 Å². The molecule has 1 rings (SSSR count). The zero-order valence-corrected chi connectivity index (χ0v) is 8.81. The number of nitrogens with zero attached hydrogens (tertiary/aromatic N) is 3. The van der Waals surface area contributed by atoms with Gasteiger partial charge in [0, 0.05) is 0 Å². The van der Waals surface area contributed by atoms with Gasteiger partial charge in [0.2, 0.25) is 5.96 Å². The summed E-state index contributed by atoms with van der Waals surface area (Å²) in [6, 6.07) is 7.15. The molecule has 0 saturated carbocycles. The average Bonchev–Trinajstić information content (AvgIpc) is 2.14. The average molecular weight is 216 g/mol. The molecule has 0 bridgehead atoms. The molecular formula is C10H12N6. The first-order chi connectivity index (χ1) is 7.51. The summed E-state index contributed by atoms with van der Waals surface area (Å²) in [6.07, 6.45) is 0. The molecule has 1 aromatic carbocycles. The van der Waals surface area contributed by atoms with Gasteiger partial charge in [-0.3, -0.25) is 0 Å². The van der Waals surface area contributed by atoms with E-state index >= 15 is 0 Å². The summed E-state index contributed by atoms with van der Waals surface area (Å²) in [7, 11) is 0. The Morgan fingerprint density at radius 3 is 2.50 bits per heavy atom. The number of guanidine groups is 2. The summed E-state index contributed by atoms with van der Waals surface area (Å²) in [6.45, 7) is 1.86. The van der Waals surface area contributed by atoms with Gasteiger partial charge in [0.15, 0.2) is 5.96 Å². The van der Waals surface area contributed by atoms with Crippen LogP contribution in [0, 0.1) is 18.3 Å². The molecule has 6 heteroatoms. The quantitative estimate of drug-likeness (QED) is 0.454. The lowest BCUT2D eigenvalue weighted by Gasteiger charge is -1.99. The van der Waals surface area contributed by atoms with Crippen molar-refractivity contribution in [3.8, 4) is 6.07 Å². The molecule has 0 aliphatic rings. The number of aryl methyl sites for hydroxylation is 1. The first-order valence-electron chi connectivity index (χ1n) is 4.47. The molecule has 0 saturated heterocycles. The number of nitriles is 1. The second-order valence-electron chi connectivity index (χ2n) is 3.18. The standard InChI is InChI=1S/C10H12N6/c1-6-2-7(5-11)4-8(3-6)15-10(14)16-9(12)13/h2-4H,1H3,(H6,12,13,14,15,16). The Kier molecular flexibility index (Phi) is 3.45. The molecule has 0 amide bonds. The Hall–Kier alpha value is -2.55. The lowest BCUT2D eigenvalue weighted by Crippen LogP contribution is -2.26. The number of hydrogen-bond acceptors (Lipinski definition) is 2. The second-order valence-corrected chi connectivity index (χ2v) is 3.18. The van der Waals surface area contributed by atoms with Crippen molar-refractivity contribution in [2.45, 2.75) is 6.92 Å². The molecule has 0 unspecified atom stereocenters. The van der Waals surface area contributed by atoms with E-state index in [0.717, 1.165) is 5.56 Å². The topological polar surface area (TPSA) is 127 Å². The zero-order valence-electron chi connectivity index (χ0n) is 8.81. The molecule has 0 atom stereocenters. The van der Waals surface area contributed by atoms with Crippen LogP contribution in [0.1, 0.15) is 11.1 Å². The van der Waals surface area contributed by atoms with Crippen molar-refractivity contribution in [2.75, 3.05) is 0 Å². The normalized spacial score (nSPS) is 10.6. The van der Waals surface area contributed by atoms with E-state index in [4.69, 9.17) is 22.5 Å². The maximum Gasteiger partial charge on any atom is 0.223 e. The summed E-state index contributed by atoms with van der Waals surface area (Å²) in [5.41, 5.74) is 17.7. The van der Waals surface area contributed by atoms with Crippen molar-refractivity contribution in [1.29, 1.82) is 5.26 Å². The van der Waals surface area contributed by atoms with Crippen LogP contribution in [-0.2, 0) is 0 Å². The van der Waals surface area contributed by atoms with Gasteiger partial charge in [0.1, 0.15) is 0 Å². The minimum Gasteiger partial charge on any atom is -0.370 e. The maximum atomic E-state index is 8.77. The highest BCUT2D eigenvalue weighted by Gasteiger charge is 1.98. The van der Waals surface area contributed by atoms with Crippen LogP contribution in [0.25, 0.3) is 0 Å². The predicted octanol–water partition coefficient (Wildman–Crippen LogP) is 0.0863. The lowest BCUT2D eigenvalue weighted by molar-refractivity contribution is 1.35. The maximum absolute atomic E-state index is 8.77. The summed E-state index contributed by atoms with van der Waals surface area (Å²) in [5.74, 6) is -0.205. The van der Waals surface area contributed by atoms with Gasteiger partial charge in [-0.1, -0.05) is 0 Å². The van der Waals surface area contributed by atoms with Gasteiger partial charge in [0.05, 0.1) is 17.3 Å². The van der Waals surface area contributed by atoms with Crippen molar-refractivity contribution in [3.63, 3.8) is 0 Å². The molecule has 0 aromatic heterocycles. The third kappa shape index (κ3) is 3.31. The van der Waals surface area contributed by atoms with Gasteiger partial charge in [-0.05, 0) is 30.7 Å². The molecular weight excluding hydrogens is 204 g/mol. The van der Waals surface area contributed by atoms with Crippen molar-refractivity contribution in [1.82, 2.24) is 0 Å². The number of aliphatic imine (C=N–C) groups is 2. The van der Waals surface area contributed by atoms with Gasteiger partial charge in [-0.2, -0.15) is 10.3 Å². The SMILES string of the molecule is Cc1cc(C#N)cc(N=C(N)N=C(N)N)c1. The van der Waals surface area contributed by atoms with E-state index in [9.17, 15) is 0 Å². The van der Waals surface area contributed by atoms with E-state index in [1.54, 1.807) is 18.2 Å². The van der Waals surface area contributed by atoms with E-state index in [0.29, 0.717) is 11.3 Å². The molecule has 0 radical (unpaired) electrons. The third-order valence-corrected chi connectivity index (χ3v) is 1.68. The first-order valence-corrected chi connectivity index (χ1v) is 4.47. The number of hydrogen-bond donors (Lipinski definition) is 3. The lowest BCUT2D eigenvalue weighted by atomic mass is 10.1. The van der Waals surface area contributed by atoms with Crippen molar-refractivity contribution < 1.29 is 0 Å². The van der Waals surface area contributed by atoms with Gasteiger partial charge in [-0.25, -0.2) is 4.99 Å². The fourth-order valence-corrected chi connectivity index (χ4v) is 1.18. The number of benzene rings is 1. The highest BCUT2D eigenvalue weighted by Crippen LogP contribution is 2.16. The Labute approximate surface area is 93.1 Å². The molecule has 16 heavy (non-hydrogen) atoms. The Morgan fingerprint density at radius 2 is 1.94 bits per heavy atom. The predicted molar refractivity (Wildman–Crippen MR) is 63.0 cm³/mol. The van der Waals surface area contributed by atoms with Crippen LogP contribution < -0.4 is 17.2 Å². The van der Waals surface area contributed by atoms with E-state index in [1.807, 2.05) is 13.0 Å². The van der Waals surface area contributed by atoms with Crippen molar-refractivity contribution in [2.24, 2.45) is 27.2 Å². The molecule has 6 N–H and O–H groups in total. The van der Waals surface area contributed by atoms with Crippen LogP contribution in [0.2, 0.25) is 0 Å². The summed E-state index contributed by atoms with van der Waals surface area (Å²) in [4.78, 5) is 7.54. The summed E-state index contributed by atoms with van der Waals surface area (Å²) >= 11 is 0. The Balaban J connectivity index is 3.11. The molecule has 6 nitrogen and oxygen atoms in total. The van der Waals surface area contributed by atoms with Crippen molar-refractivity contribution >= 4 is 17.6 Å². The Bertz CT molecular complexity index is 491. The van der Waals surface area contributed by atoms with E-state index in [1.165, 1.54) is 0 Å². The largest absolute Gasteiger partial charge is 0.370 e. The second kappa shape index (κ2) is 4.79. The molecule has 0 aliphatic carbocycles. The van der Waals surface area contributed by atoms with E-state index < -0.39 is 0 Å². The van der Waals surface area contributed by atoms with Gasteiger partial charge in [0.25, 0.3) is 0 Å². The molecule has 0 spiro atoms. The molecule has 1 aromatic rings. The van der Waals surface area contributed by atoms with E-state index in [-0.39, 0.29) is 11.9 Å². The van der Waals surface area contributed by atoms with Gasteiger partial charge >= 0.3 is 0 Å². The minimum absolute atomic E-state index is 0.0468. The van der Waals surface area contributed by atoms with Crippen LogP contribution in [0.3, 0.4) is 0 Å². The molecule has 0 fully saturated rings. The summed E-state index contributed by atoms with van der Waals surface area (Å²) < 4.78 is 0. The van der Waals surface area contributed by atoms with Crippen LogP contribution in [0.15, 0.2) is 28.2 Å². The highest BCUT2D eigenvalue weighted by molar-refractivity contribution is 5.93. The number of rotatable bonds is 1. The van der Waals surface area contributed by atoms with Crippen LogP contribution in [-0.4, -0.2) is 11.9 Å². The fraction of sp³-hybridized carbons (Fsp3) is 0.100. The van der Waals surface area contributed by atoms with Crippen LogP contribution in [0.4, 0.5) is 5.69 Å². The monoisotopic (exact) mass is 216 g/mol. The smallest absolute Gasteiger partial charge is 0.223 e. The zero-order chi connectivity index (χ0) is 12.1. The highest BCUT2D eigenvalue weighted by atomic mass is 15.1. The van der Waals surface area contributed by atoms with Crippen molar-refractivity contribution in [3.05, 3.63) is 29.3 Å². The van der Waals surface area contributed by atoms with E-state index in [2.05, 4.69) is 9.98 Å². The molecule has 0 aliphatic heterocycles. The van der Waals surface area contributed by atoms with Gasteiger partial charge in [-0.15, -0.1) is 0 Å². The molecule has 0 heterocycles. The fourth-order valence-electron chi connectivity index (χ4n) is 1.18. The molecule has 82 valence electrons. The first kappa shape index (κ1) is 11.5. The Morgan fingerprint density at radius 1 is 1.25 bits per heavy atom. The van der Waals surface area contributed by atoms with Crippen LogP contribution >= 0.6 is 0 Å². The number of nitrogens with two attached hydrogens (primary N) is 3.